The smallest absolute Gasteiger partial charge is 0.132 e. The summed E-state index contributed by atoms with van der Waals surface area (Å²) < 4.78 is 0. The van der Waals surface area contributed by atoms with Gasteiger partial charge in [-0.25, -0.2) is 0 Å². The SMILES string of the molecule is CCC(=O)C[C@H](C)C(C)C. The molecular formula is C9H18O. The summed E-state index contributed by atoms with van der Waals surface area (Å²) in [4.78, 5) is 10.9. The highest BCUT2D eigenvalue weighted by molar-refractivity contribution is 5.78. The molecule has 1 nitrogen and oxygen atoms in total. The summed E-state index contributed by atoms with van der Waals surface area (Å²) in [5.74, 6) is 1.57. The summed E-state index contributed by atoms with van der Waals surface area (Å²) in [5.41, 5.74) is 0. The molecule has 0 unspecified atom stereocenters. The number of carbonyl (C=O) groups excluding carboxylic acids is 1. The van der Waals surface area contributed by atoms with Gasteiger partial charge in [-0.2, -0.15) is 0 Å². The molecule has 0 amide bonds. The van der Waals surface area contributed by atoms with E-state index in [-0.39, 0.29) is 0 Å². The predicted molar refractivity (Wildman–Crippen MR) is 43.9 cm³/mol. The molecule has 1 heteroatoms. The quantitative estimate of drug-likeness (QED) is 0.589. The zero-order valence-electron chi connectivity index (χ0n) is 7.48. The van der Waals surface area contributed by atoms with Crippen molar-refractivity contribution < 1.29 is 4.79 Å². The molecule has 1 atom stereocenters. The van der Waals surface area contributed by atoms with Gasteiger partial charge in [0.15, 0.2) is 0 Å². The third kappa shape index (κ3) is 3.65. The Bertz CT molecular complexity index is 105. The normalized spacial score (nSPS) is 13.7. The molecule has 0 aromatic rings. The van der Waals surface area contributed by atoms with Gasteiger partial charge in [0, 0.05) is 12.8 Å². The Morgan fingerprint density at radius 1 is 1.30 bits per heavy atom. The van der Waals surface area contributed by atoms with E-state index in [1.165, 1.54) is 0 Å². The van der Waals surface area contributed by atoms with Gasteiger partial charge in [0.25, 0.3) is 0 Å². The molecule has 0 aliphatic heterocycles. The van der Waals surface area contributed by atoms with E-state index < -0.39 is 0 Å². The molecular weight excluding hydrogens is 124 g/mol. The molecule has 10 heavy (non-hydrogen) atoms. The molecule has 0 aliphatic carbocycles. The average molecular weight is 142 g/mol. The second-order valence-corrected chi connectivity index (χ2v) is 3.32. The highest BCUT2D eigenvalue weighted by Gasteiger charge is 2.10. The molecule has 0 saturated heterocycles. The van der Waals surface area contributed by atoms with Crippen LogP contribution in [-0.2, 0) is 4.79 Å². The molecule has 60 valence electrons. The third-order valence-corrected chi connectivity index (χ3v) is 2.08. The van der Waals surface area contributed by atoms with E-state index in [2.05, 4.69) is 20.8 Å². The van der Waals surface area contributed by atoms with Gasteiger partial charge in [-0.3, -0.25) is 4.79 Å². The maximum atomic E-state index is 10.9. The van der Waals surface area contributed by atoms with Crippen LogP contribution in [0.15, 0.2) is 0 Å². The van der Waals surface area contributed by atoms with Crippen LogP contribution in [0.2, 0.25) is 0 Å². The molecule has 0 saturated carbocycles. The van der Waals surface area contributed by atoms with Gasteiger partial charge in [0.05, 0.1) is 0 Å². The molecule has 0 spiro atoms. The maximum absolute atomic E-state index is 10.9. The molecule has 0 heterocycles. The predicted octanol–water partition coefficient (Wildman–Crippen LogP) is 2.65. The largest absolute Gasteiger partial charge is 0.300 e. The monoisotopic (exact) mass is 142 g/mol. The van der Waals surface area contributed by atoms with E-state index in [1.807, 2.05) is 6.92 Å². The summed E-state index contributed by atoms with van der Waals surface area (Å²) in [6.07, 6.45) is 1.45. The van der Waals surface area contributed by atoms with E-state index in [0.717, 1.165) is 6.42 Å². The number of rotatable bonds is 4. The van der Waals surface area contributed by atoms with Crippen molar-refractivity contribution >= 4 is 5.78 Å². The van der Waals surface area contributed by atoms with Crippen LogP contribution >= 0.6 is 0 Å². The van der Waals surface area contributed by atoms with Gasteiger partial charge in [0.2, 0.25) is 0 Å². The lowest BCUT2D eigenvalue weighted by molar-refractivity contribution is -0.119. The summed E-state index contributed by atoms with van der Waals surface area (Å²) >= 11 is 0. The molecule has 0 aromatic heterocycles. The molecule has 0 fully saturated rings. The van der Waals surface area contributed by atoms with Crippen LogP contribution < -0.4 is 0 Å². The molecule has 0 bridgehead atoms. The molecule has 0 aliphatic rings. The summed E-state index contributed by atoms with van der Waals surface area (Å²) in [7, 11) is 0. The van der Waals surface area contributed by atoms with E-state index in [1.54, 1.807) is 0 Å². The lowest BCUT2D eigenvalue weighted by Crippen LogP contribution is -2.09. The van der Waals surface area contributed by atoms with Crippen LogP contribution in [0.3, 0.4) is 0 Å². The van der Waals surface area contributed by atoms with Gasteiger partial charge in [-0.05, 0) is 11.8 Å². The first-order chi connectivity index (χ1) is 4.57. The van der Waals surface area contributed by atoms with Crippen molar-refractivity contribution in [3.05, 3.63) is 0 Å². The average Bonchev–Trinajstić information content (AvgIpc) is 1.87. The Balaban J connectivity index is 3.57. The zero-order valence-corrected chi connectivity index (χ0v) is 7.48. The first-order valence-corrected chi connectivity index (χ1v) is 4.09. The van der Waals surface area contributed by atoms with Gasteiger partial charge in [-0.15, -0.1) is 0 Å². The molecule has 0 N–H and O–H groups in total. The molecule has 0 radical (unpaired) electrons. The summed E-state index contributed by atoms with van der Waals surface area (Å²) in [6.45, 7) is 8.38. The topological polar surface area (TPSA) is 17.1 Å². The van der Waals surface area contributed by atoms with Gasteiger partial charge >= 0.3 is 0 Å². The lowest BCUT2D eigenvalue weighted by Gasteiger charge is -2.13. The zero-order chi connectivity index (χ0) is 8.15. The van der Waals surface area contributed by atoms with Crippen LogP contribution in [0, 0.1) is 11.8 Å². The fraction of sp³-hybridized carbons (Fsp3) is 0.889. The number of Topliss-reactive ketones (excluding diaryl/α,β-unsaturated/α-hetero) is 1. The summed E-state index contributed by atoms with van der Waals surface area (Å²) in [5, 5.41) is 0. The fourth-order valence-electron chi connectivity index (χ4n) is 0.739. The second kappa shape index (κ2) is 4.48. The highest BCUT2D eigenvalue weighted by Crippen LogP contribution is 2.14. The van der Waals surface area contributed by atoms with Crippen molar-refractivity contribution in [3.63, 3.8) is 0 Å². The van der Waals surface area contributed by atoms with Crippen molar-refractivity contribution in [2.75, 3.05) is 0 Å². The van der Waals surface area contributed by atoms with Crippen molar-refractivity contribution in [2.24, 2.45) is 11.8 Å². The Morgan fingerprint density at radius 3 is 2.10 bits per heavy atom. The first kappa shape index (κ1) is 9.67. The van der Waals surface area contributed by atoms with E-state index >= 15 is 0 Å². The Labute approximate surface area is 63.8 Å². The van der Waals surface area contributed by atoms with E-state index in [9.17, 15) is 4.79 Å². The Hall–Kier alpha value is -0.330. The van der Waals surface area contributed by atoms with Gasteiger partial charge in [0.1, 0.15) is 5.78 Å². The van der Waals surface area contributed by atoms with Gasteiger partial charge in [-0.1, -0.05) is 27.7 Å². The van der Waals surface area contributed by atoms with Crippen LogP contribution in [0.4, 0.5) is 0 Å². The Morgan fingerprint density at radius 2 is 1.80 bits per heavy atom. The number of hydrogen-bond donors (Lipinski definition) is 0. The minimum atomic E-state index is 0.390. The van der Waals surface area contributed by atoms with E-state index in [4.69, 9.17) is 0 Å². The first-order valence-electron chi connectivity index (χ1n) is 4.09. The minimum absolute atomic E-state index is 0.390. The van der Waals surface area contributed by atoms with Crippen LogP contribution in [0.5, 0.6) is 0 Å². The highest BCUT2D eigenvalue weighted by atomic mass is 16.1. The summed E-state index contributed by atoms with van der Waals surface area (Å²) in [6, 6.07) is 0. The molecule has 0 aromatic carbocycles. The second-order valence-electron chi connectivity index (χ2n) is 3.32. The van der Waals surface area contributed by atoms with Gasteiger partial charge < -0.3 is 0 Å². The lowest BCUT2D eigenvalue weighted by atomic mass is 9.92. The Kier molecular flexibility index (Phi) is 4.33. The maximum Gasteiger partial charge on any atom is 0.132 e. The molecule has 0 rings (SSSR count). The fourth-order valence-corrected chi connectivity index (χ4v) is 0.739. The number of hydrogen-bond acceptors (Lipinski definition) is 1. The van der Waals surface area contributed by atoms with E-state index in [0.29, 0.717) is 24.0 Å². The van der Waals surface area contributed by atoms with Crippen molar-refractivity contribution in [3.8, 4) is 0 Å². The van der Waals surface area contributed by atoms with Crippen LogP contribution in [-0.4, -0.2) is 5.78 Å². The number of carbonyl (C=O) groups is 1. The third-order valence-electron chi connectivity index (χ3n) is 2.08. The minimum Gasteiger partial charge on any atom is -0.300 e. The van der Waals surface area contributed by atoms with Crippen molar-refractivity contribution in [1.29, 1.82) is 0 Å². The number of ketones is 1. The van der Waals surface area contributed by atoms with Crippen molar-refractivity contribution in [1.82, 2.24) is 0 Å². The van der Waals surface area contributed by atoms with Crippen LogP contribution in [0.25, 0.3) is 0 Å². The van der Waals surface area contributed by atoms with Crippen LogP contribution in [0.1, 0.15) is 40.5 Å². The van der Waals surface area contributed by atoms with Crippen molar-refractivity contribution in [2.45, 2.75) is 40.5 Å². The standard InChI is InChI=1S/C9H18O/c1-5-9(10)6-8(4)7(2)3/h7-8H,5-6H2,1-4H3/t8-/m0/s1.